The number of aromatic nitrogens is 3. The molecular weight excluding hydrogens is 466 g/mol. The minimum Gasteiger partial charge on any atom is -0.507 e. The Balaban J connectivity index is 1.75. The molecule has 0 saturated carbocycles. The minimum atomic E-state index is -0.205. The Labute approximate surface area is 226 Å². The molecule has 0 aliphatic heterocycles. The molecular formula is C34H37N3O. The number of hydrogen-bond donors (Lipinski definition) is 1. The summed E-state index contributed by atoms with van der Waals surface area (Å²) in [7, 11) is 0. The van der Waals surface area contributed by atoms with Gasteiger partial charge in [0.15, 0.2) is 0 Å². The highest BCUT2D eigenvalue weighted by molar-refractivity contribution is 5.87. The van der Waals surface area contributed by atoms with Gasteiger partial charge < -0.3 is 5.11 Å². The van der Waals surface area contributed by atoms with Gasteiger partial charge in [0.05, 0.1) is 11.4 Å². The topological polar surface area (TPSA) is 50.9 Å². The summed E-state index contributed by atoms with van der Waals surface area (Å²) >= 11 is 0. The van der Waals surface area contributed by atoms with Crippen LogP contribution in [-0.2, 0) is 10.8 Å². The zero-order chi connectivity index (χ0) is 27.4. The maximum absolute atomic E-state index is 11.5. The summed E-state index contributed by atoms with van der Waals surface area (Å²) in [5.74, 6) is 0.307. The number of pyridine rings is 2. The molecule has 0 fully saturated rings. The first-order chi connectivity index (χ1) is 17.9. The highest BCUT2D eigenvalue weighted by Gasteiger charge is 2.26. The maximum Gasteiger partial charge on any atom is 0.145 e. The first-order valence-corrected chi connectivity index (χ1v) is 13.2. The zero-order valence-corrected chi connectivity index (χ0v) is 23.7. The Morgan fingerprint density at radius 1 is 0.763 bits per heavy atom. The summed E-state index contributed by atoms with van der Waals surface area (Å²) in [4.78, 5) is 9.74. The van der Waals surface area contributed by atoms with Crippen LogP contribution in [0.25, 0.3) is 39.2 Å². The summed E-state index contributed by atoms with van der Waals surface area (Å²) in [6, 6.07) is 22.8. The van der Waals surface area contributed by atoms with Crippen molar-refractivity contribution in [2.45, 2.75) is 66.2 Å². The molecule has 0 unspecified atom stereocenters. The lowest BCUT2D eigenvalue weighted by atomic mass is 9.78. The van der Waals surface area contributed by atoms with Gasteiger partial charge in [0.2, 0.25) is 0 Å². The van der Waals surface area contributed by atoms with Gasteiger partial charge in [0.25, 0.3) is 0 Å². The van der Waals surface area contributed by atoms with E-state index >= 15 is 0 Å². The Morgan fingerprint density at radius 2 is 1.53 bits per heavy atom. The first kappa shape index (κ1) is 25.7. The standard InChI is InChI=1S/C34H37N3O/c1-21-22(2)37(25-13-11-12-23(18-25)29-14-9-10-17-35-29)32-26(21)15-16-30(36-32)27-19-24(33(3,4)5)20-28(31(27)38)34(6,7)8/h9-20,38H,1-8H3. The van der Waals surface area contributed by atoms with E-state index in [0.29, 0.717) is 5.75 Å². The van der Waals surface area contributed by atoms with Gasteiger partial charge >= 0.3 is 0 Å². The molecule has 0 bridgehead atoms. The molecule has 194 valence electrons. The van der Waals surface area contributed by atoms with E-state index in [0.717, 1.165) is 50.5 Å². The molecule has 5 aromatic rings. The lowest BCUT2D eigenvalue weighted by molar-refractivity contribution is 0.446. The predicted molar refractivity (Wildman–Crippen MR) is 158 cm³/mol. The van der Waals surface area contributed by atoms with E-state index < -0.39 is 0 Å². The van der Waals surface area contributed by atoms with Crippen LogP contribution in [0.3, 0.4) is 0 Å². The summed E-state index contributed by atoms with van der Waals surface area (Å²) in [6.45, 7) is 17.3. The lowest BCUT2D eigenvalue weighted by Gasteiger charge is -2.27. The van der Waals surface area contributed by atoms with E-state index in [-0.39, 0.29) is 10.8 Å². The van der Waals surface area contributed by atoms with Crippen LogP contribution in [0, 0.1) is 13.8 Å². The monoisotopic (exact) mass is 503 g/mol. The Morgan fingerprint density at radius 3 is 2.18 bits per heavy atom. The average molecular weight is 504 g/mol. The molecule has 1 N–H and O–H groups in total. The number of phenolic OH excluding ortho intramolecular Hbond substituents is 1. The van der Waals surface area contributed by atoms with Gasteiger partial charge in [0.1, 0.15) is 11.4 Å². The number of nitrogens with zero attached hydrogens (tertiary/aromatic N) is 3. The molecule has 0 spiro atoms. The van der Waals surface area contributed by atoms with E-state index in [1.165, 1.54) is 11.1 Å². The molecule has 0 amide bonds. The number of rotatable bonds is 3. The van der Waals surface area contributed by atoms with Crippen molar-refractivity contribution in [2.75, 3.05) is 0 Å². The van der Waals surface area contributed by atoms with E-state index in [1.54, 1.807) is 0 Å². The number of phenols is 1. The molecule has 3 aromatic heterocycles. The lowest BCUT2D eigenvalue weighted by Crippen LogP contribution is -2.17. The molecule has 5 rings (SSSR count). The molecule has 0 aliphatic carbocycles. The maximum atomic E-state index is 11.5. The number of aryl methyl sites for hydroxylation is 1. The van der Waals surface area contributed by atoms with Gasteiger partial charge in [-0.1, -0.05) is 65.8 Å². The summed E-state index contributed by atoms with van der Waals surface area (Å²) < 4.78 is 2.22. The molecule has 4 heteroatoms. The fourth-order valence-corrected chi connectivity index (χ4v) is 5.07. The Bertz CT molecular complexity index is 1650. The summed E-state index contributed by atoms with van der Waals surface area (Å²) in [6.07, 6.45) is 1.82. The van der Waals surface area contributed by atoms with Gasteiger partial charge in [-0.2, -0.15) is 0 Å². The smallest absolute Gasteiger partial charge is 0.145 e. The number of benzene rings is 2. The van der Waals surface area contributed by atoms with Gasteiger partial charge in [0, 0.05) is 39.7 Å². The van der Waals surface area contributed by atoms with Gasteiger partial charge in [-0.25, -0.2) is 4.98 Å². The zero-order valence-electron chi connectivity index (χ0n) is 23.7. The van der Waals surface area contributed by atoms with Gasteiger partial charge in [-0.05, 0) is 78.3 Å². The van der Waals surface area contributed by atoms with Gasteiger partial charge in [-0.3, -0.25) is 9.55 Å². The second-order valence-corrected chi connectivity index (χ2v) is 12.3. The van der Waals surface area contributed by atoms with Crippen molar-refractivity contribution in [2.24, 2.45) is 0 Å². The van der Waals surface area contributed by atoms with Crippen LogP contribution in [0.5, 0.6) is 5.75 Å². The molecule has 0 atom stereocenters. The summed E-state index contributed by atoms with van der Waals surface area (Å²) in [5, 5.41) is 12.6. The van der Waals surface area contributed by atoms with Crippen LogP contribution in [0.1, 0.15) is 63.9 Å². The van der Waals surface area contributed by atoms with Crippen molar-refractivity contribution in [1.82, 2.24) is 14.5 Å². The number of fused-ring (bicyclic) bond motifs is 1. The van der Waals surface area contributed by atoms with Crippen LogP contribution in [0.2, 0.25) is 0 Å². The second kappa shape index (κ2) is 9.13. The van der Waals surface area contributed by atoms with Crippen molar-refractivity contribution < 1.29 is 5.11 Å². The Kier molecular flexibility index (Phi) is 6.18. The van der Waals surface area contributed by atoms with Crippen molar-refractivity contribution in [3.63, 3.8) is 0 Å². The van der Waals surface area contributed by atoms with Gasteiger partial charge in [-0.15, -0.1) is 0 Å². The molecule has 0 saturated heterocycles. The normalized spacial score (nSPS) is 12.3. The van der Waals surface area contributed by atoms with Crippen molar-refractivity contribution >= 4 is 11.0 Å². The molecule has 0 radical (unpaired) electrons. The Hall–Kier alpha value is -3.92. The fraction of sp³-hybridized carbons (Fsp3) is 0.294. The molecule has 38 heavy (non-hydrogen) atoms. The van der Waals surface area contributed by atoms with Crippen molar-refractivity contribution in [1.29, 1.82) is 0 Å². The van der Waals surface area contributed by atoms with E-state index in [9.17, 15) is 5.11 Å². The quantitative estimate of drug-likeness (QED) is 0.268. The third-order valence-corrected chi connectivity index (χ3v) is 7.49. The second-order valence-electron chi connectivity index (χ2n) is 12.3. The third-order valence-electron chi connectivity index (χ3n) is 7.49. The first-order valence-electron chi connectivity index (χ1n) is 13.2. The highest BCUT2D eigenvalue weighted by atomic mass is 16.3. The molecule has 4 nitrogen and oxygen atoms in total. The minimum absolute atomic E-state index is 0.0636. The SMILES string of the molecule is Cc1c(C)n(-c2cccc(-c3ccccn3)c2)c2nc(-c3cc(C(C)(C)C)cc(C(C)(C)C)c3O)ccc12. The predicted octanol–water partition coefficient (Wildman–Crippen LogP) is 8.67. The summed E-state index contributed by atoms with van der Waals surface area (Å²) in [5.41, 5.74) is 9.66. The number of hydrogen-bond acceptors (Lipinski definition) is 3. The van der Waals surface area contributed by atoms with Crippen LogP contribution < -0.4 is 0 Å². The van der Waals surface area contributed by atoms with Crippen LogP contribution in [-0.4, -0.2) is 19.6 Å². The molecule has 3 heterocycles. The number of aromatic hydroxyl groups is 1. The largest absolute Gasteiger partial charge is 0.507 e. The van der Waals surface area contributed by atoms with E-state index in [2.05, 4.69) is 107 Å². The van der Waals surface area contributed by atoms with Crippen LogP contribution in [0.4, 0.5) is 0 Å². The van der Waals surface area contributed by atoms with E-state index in [4.69, 9.17) is 4.98 Å². The molecule has 0 aliphatic rings. The molecule has 2 aromatic carbocycles. The van der Waals surface area contributed by atoms with Crippen LogP contribution >= 0.6 is 0 Å². The van der Waals surface area contributed by atoms with Crippen LogP contribution in [0.15, 0.2) is 72.9 Å². The van der Waals surface area contributed by atoms with E-state index in [1.807, 2.05) is 30.5 Å². The highest BCUT2D eigenvalue weighted by Crippen LogP contribution is 2.42. The van der Waals surface area contributed by atoms with Crippen molar-refractivity contribution in [3.8, 4) is 34.0 Å². The third kappa shape index (κ3) is 4.49. The average Bonchev–Trinajstić information content (AvgIpc) is 3.12. The fourth-order valence-electron chi connectivity index (χ4n) is 5.07. The van der Waals surface area contributed by atoms with Crippen molar-refractivity contribution in [3.05, 3.63) is 95.3 Å².